The first-order chi connectivity index (χ1) is 10.9. The average molecular weight is 361 g/mol. The average Bonchev–Trinajstić information content (AvgIpc) is 2.62. The monoisotopic (exact) mass is 362 g/mol. The predicted molar refractivity (Wildman–Crippen MR) is 103 cm³/mol. The summed E-state index contributed by atoms with van der Waals surface area (Å²) in [6, 6.07) is 34.3. The Bertz CT molecular complexity index is 921. The van der Waals surface area contributed by atoms with Gasteiger partial charge in [-0.25, -0.2) is 0 Å². The molecule has 0 atom stereocenters. The normalized spacial score (nSPS) is 10.3. The van der Waals surface area contributed by atoms with Gasteiger partial charge in [0.1, 0.15) is 0 Å². The van der Waals surface area contributed by atoms with E-state index in [2.05, 4.69) is 97.1 Å². The van der Waals surface area contributed by atoms with Crippen molar-refractivity contribution in [3.05, 3.63) is 97.1 Å². The van der Waals surface area contributed by atoms with Crippen LogP contribution in [0.4, 0.5) is 0 Å². The van der Waals surface area contributed by atoms with Crippen LogP contribution in [0.25, 0.3) is 33.0 Å². The molecule has 0 unspecified atom stereocenters. The summed E-state index contributed by atoms with van der Waals surface area (Å²) in [7, 11) is 0. The fraction of sp³-hybridized carbons (Fsp3) is 0. The number of fused-ring (bicyclic) bond motifs is 1. The van der Waals surface area contributed by atoms with Crippen LogP contribution in [0.15, 0.2) is 97.1 Å². The van der Waals surface area contributed by atoms with Crippen molar-refractivity contribution in [2.75, 3.05) is 0 Å². The minimum Gasteiger partial charge on any atom is -0.0622 e. The Labute approximate surface area is 147 Å². The summed E-state index contributed by atoms with van der Waals surface area (Å²) >= 11 is 0. The van der Waals surface area contributed by atoms with Crippen LogP contribution < -0.4 is 0 Å². The van der Waals surface area contributed by atoms with E-state index in [0.717, 1.165) is 0 Å². The van der Waals surface area contributed by atoms with Crippen molar-refractivity contribution < 1.29 is 0 Å². The summed E-state index contributed by atoms with van der Waals surface area (Å²) in [6.07, 6.45) is 0. The van der Waals surface area contributed by atoms with Crippen molar-refractivity contribution in [2.24, 2.45) is 0 Å². The molecule has 0 amide bonds. The SMILES string of the molecule is [SeH2].c1ccc(-c2ccccc2-c2cccc3ccccc23)cc1. The Morgan fingerprint density at radius 3 is 1.78 bits per heavy atom. The third-order valence-corrected chi connectivity index (χ3v) is 4.09. The maximum atomic E-state index is 2.21. The maximum Gasteiger partial charge on any atom is -0.00992 e. The van der Waals surface area contributed by atoms with Crippen LogP contribution >= 0.6 is 0 Å². The van der Waals surface area contributed by atoms with Gasteiger partial charge < -0.3 is 0 Å². The van der Waals surface area contributed by atoms with E-state index in [1.54, 1.807) is 0 Å². The largest absolute Gasteiger partial charge is 0.0622 e. The van der Waals surface area contributed by atoms with Crippen LogP contribution in [0.3, 0.4) is 0 Å². The molecule has 4 aromatic rings. The molecule has 0 N–H and O–H groups in total. The van der Waals surface area contributed by atoms with Gasteiger partial charge in [-0.1, -0.05) is 97.1 Å². The van der Waals surface area contributed by atoms with E-state index in [0.29, 0.717) is 0 Å². The van der Waals surface area contributed by atoms with E-state index in [1.807, 2.05) is 0 Å². The van der Waals surface area contributed by atoms with E-state index in [1.165, 1.54) is 33.0 Å². The van der Waals surface area contributed by atoms with E-state index in [4.69, 9.17) is 0 Å². The molecule has 4 rings (SSSR count). The summed E-state index contributed by atoms with van der Waals surface area (Å²) in [4.78, 5) is 0. The summed E-state index contributed by atoms with van der Waals surface area (Å²) in [5.41, 5.74) is 5.11. The van der Waals surface area contributed by atoms with E-state index in [9.17, 15) is 0 Å². The summed E-state index contributed by atoms with van der Waals surface area (Å²) < 4.78 is 0. The molecule has 0 nitrogen and oxygen atoms in total. The second-order valence-corrected chi connectivity index (χ2v) is 5.44. The number of hydrogen-bond acceptors (Lipinski definition) is 0. The third-order valence-electron chi connectivity index (χ3n) is 4.09. The van der Waals surface area contributed by atoms with E-state index in [-0.39, 0.29) is 17.1 Å². The molecule has 1 heteroatoms. The van der Waals surface area contributed by atoms with Crippen LogP contribution in [0.1, 0.15) is 0 Å². The number of rotatable bonds is 2. The molecule has 0 aliphatic heterocycles. The van der Waals surface area contributed by atoms with Gasteiger partial charge in [0, 0.05) is 0 Å². The zero-order valence-electron chi connectivity index (χ0n) is 12.7. The van der Waals surface area contributed by atoms with Gasteiger partial charge in [-0.05, 0) is 33.0 Å². The van der Waals surface area contributed by atoms with E-state index >= 15 is 0 Å². The fourth-order valence-corrected chi connectivity index (χ4v) is 3.05. The summed E-state index contributed by atoms with van der Waals surface area (Å²) in [5.74, 6) is 0. The third kappa shape index (κ3) is 2.94. The summed E-state index contributed by atoms with van der Waals surface area (Å²) in [6.45, 7) is 0. The Morgan fingerprint density at radius 2 is 0.957 bits per heavy atom. The molecule has 0 heterocycles. The topological polar surface area (TPSA) is 0 Å². The standard InChI is InChI=1S/C22H16.H2Se/c1-2-9-17(10-3-1)19-14-6-7-15-21(19)22-16-8-12-18-11-4-5-13-20(18)22;/h1-16H;1H2. The van der Waals surface area contributed by atoms with Gasteiger partial charge in [0.15, 0.2) is 0 Å². The van der Waals surface area contributed by atoms with Gasteiger partial charge >= 0.3 is 17.1 Å². The second kappa shape index (κ2) is 6.83. The van der Waals surface area contributed by atoms with Crippen LogP contribution in [0.2, 0.25) is 0 Å². The maximum absolute atomic E-state index is 2.21. The zero-order valence-corrected chi connectivity index (χ0v) is 14.8. The van der Waals surface area contributed by atoms with E-state index < -0.39 is 0 Å². The summed E-state index contributed by atoms with van der Waals surface area (Å²) in [5, 5.41) is 2.58. The molecular weight excluding hydrogens is 343 g/mol. The molecule has 0 radical (unpaired) electrons. The van der Waals surface area contributed by atoms with Gasteiger partial charge in [-0.2, -0.15) is 0 Å². The molecule has 0 saturated heterocycles. The van der Waals surface area contributed by atoms with Crippen molar-refractivity contribution >= 4 is 27.8 Å². The van der Waals surface area contributed by atoms with Crippen LogP contribution in [-0.2, 0) is 0 Å². The molecule has 0 saturated carbocycles. The fourth-order valence-electron chi connectivity index (χ4n) is 3.05. The molecule has 0 spiro atoms. The molecule has 0 aromatic heterocycles. The van der Waals surface area contributed by atoms with Gasteiger partial charge in [0.05, 0.1) is 0 Å². The van der Waals surface area contributed by atoms with Gasteiger partial charge in [-0.3, -0.25) is 0 Å². The van der Waals surface area contributed by atoms with Crippen LogP contribution in [0.5, 0.6) is 0 Å². The van der Waals surface area contributed by atoms with Gasteiger partial charge in [0.2, 0.25) is 0 Å². The molecule has 0 bridgehead atoms. The molecular formula is C22H18Se. The first kappa shape index (κ1) is 15.6. The Balaban J connectivity index is 0.00000156. The van der Waals surface area contributed by atoms with Crippen molar-refractivity contribution in [1.82, 2.24) is 0 Å². The number of hydrogen-bond donors (Lipinski definition) is 0. The quantitative estimate of drug-likeness (QED) is 0.428. The first-order valence-electron chi connectivity index (χ1n) is 7.56. The number of benzene rings is 4. The Morgan fingerprint density at radius 1 is 0.391 bits per heavy atom. The van der Waals surface area contributed by atoms with Gasteiger partial charge in [0.25, 0.3) is 0 Å². The molecule has 4 aromatic carbocycles. The molecule has 112 valence electrons. The van der Waals surface area contributed by atoms with Crippen LogP contribution in [-0.4, -0.2) is 17.1 Å². The van der Waals surface area contributed by atoms with Crippen LogP contribution in [0, 0.1) is 0 Å². The Hall–Kier alpha value is -2.34. The van der Waals surface area contributed by atoms with Crippen molar-refractivity contribution in [3.8, 4) is 22.3 Å². The molecule has 0 aliphatic rings. The van der Waals surface area contributed by atoms with Crippen molar-refractivity contribution in [3.63, 3.8) is 0 Å². The smallest absolute Gasteiger partial charge is 0.00992 e. The van der Waals surface area contributed by atoms with Crippen molar-refractivity contribution in [2.45, 2.75) is 0 Å². The predicted octanol–water partition coefficient (Wildman–Crippen LogP) is 5.26. The molecule has 0 aliphatic carbocycles. The minimum atomic E-state index is 0. The van der Waals surface area contributed by atoms with Gasteiger partial charge in [-0.15, -0.1) is 0 Å². The Kier molecular flexibility index (Phi) is 4.62. The molecule has 0 fully saturated rings. The molecule has 23 heavy (non-hydrogen) atoms. The first-order valence-corrected chi connectivity index (χ1v) is 7.56. The second-order valence-electron chi connectivity index (χ2n) is 5.44. The minimum absolute atomic E-state index is 0. The zero-order chi connectivity index (χ0) is 14.8. The van der Waals surface area contributed by atoms with Crippen molar-refractivity contribution in [1.29, 1.82) is 0 Å².